The number of hydrogen-bond acceptors (Lipinski definition) is 4. The van der Waals surface area contributed by atoms with Gasteiger partial charge in [0, 0.05) is 6.07 Å². The third-order valence-electron chi connectivity index (χ3n) is 2.07. The molecule has 2 N–H and O–H groups in total. The van der Waals surface area contributed by atoms with E-state index >= 15 is 0 Å². The van der Waals surface area contributed by atoms with Gasteiger partial charge in [-0.25, -0.2) is 9.97 Å². The van der Waals surface area contributed by atoms with Gasteiger partial charge in [-0.1, -0.05) is 47.0 Å². The van der Waals surface area contributed by atoms with Crippen molar-refractivity contribution in [3.8, 4) is 11.6 Å². The van der Waals surface area contributed by atoms with Crippen LogP contribution in [-0.2, 0) is 0 Å². The lowest BCUT2D eigenvalue weighted by molar-refractivity contribution is 0.460. The van der Waals surface area contributed by atoms with Gasteiger partial charge < -0.3 is 10.5 Å². The molecule has 2 rings (SSSR count). The number of rotatable bonds is 3. The Kier molecular flexibility index (Phi) is 4.42. The molecule has 0 atom stereocenters. The first kappa shape index (κ1) is 14.3. The standard InChI is InChI=1S/C11H6Cl3N3OS/c12-5-1-7(14)9(2-6(5)13)18-10-4-16-8(3-17-10)11(15)19/h1-4H,(H2,15,19). The molecule has 0 spiro atoms. The van der Waals surface area contributed by atoms with Crippen molar-refractivity contribution < 1.29 is 4.74 Å². The van der Waals surface area contributed by atoms with Gasteiger partial charge in [-0.3, -0.25) is 0 Å². The number of nitrogens with two attached hydrogens (primary N) is 1. The van der Waals surface area contributed by atoms with E-state index < -0.39 is 0 Å². The Morgan fingerprint density at radius 1 is 1.05 bits per heavy atom. The fourth-order valence-electron chi connectivity index (χ4n) is 1.19. The van der Waals surface area contributed by atoms with Crippen LogP contribution < -0.4 is 10.5 Å². The lowest BCUT2D eigenvalue weighted by Gasteiger charge is -2.08. The predicted molar refractivity (Wildman–Crippen MR) is 79.5 cm³/mol. The molecule has 2 aromatic rings. The highest BCUT2D eigenvalue weighted by molar-refractivity contribution is 7.80. The predicted octanol–water partition coefficient (Wildman–Crippen LogP) is 3.86. The van der Waals surface area contributed by atoms with Crippen LogP contribution in [0.1, 0.15) is 5.69 Å². The smallest absolute Gasteiger partial charge is 0.237 e. The summed E-state index contributed by atoms with van der Waals surface area (Å²) in [6.45, 7) is 0. The number of aromatic nitrogens is 2. The number of hydrogen-bond donors (Lipinski definition) is 1. The van der Waals surface area contributed by atoms with Gasteiger partial charge in [0.25, 0.3) is 0 Å². The van der Waals surface area contributed by atoms with Crippen LogP contribution in [0.5, 0.6) is 11.6 Å². The third-order valence-corrected chi connectivity index (χ3v) is 3.30. The van der Waals surface area contributed by atoms with Crippen molar-refractivity contribution in [2.45, 2.75) is 0 Å². The maximum atomic E-state index is 5.98. The van der Waals surface area contributed by atoms with E-state index in [0.29, 0.717) is 26.5 Å². The molecule has 0 aliphatic carbocycles. The second-order valence-electron chi connectivity index (χ2n) is 3.40. The molecule has 0 aliphatic rings. The van der Waals surface area contributed by atoms with Crippen LogP contribution in [0.4, 0.5) is 0 Å². The zero-order chi connectivity index (χ0) is 14.0. The molecule has 1 heterocycles. The third kappa shape index (κ3) is 3.45. The summed E-state index contributed by atoms with van der Waals surface area (Å²) >= 11 is 22.4. The summed E-state index contributed by atoms with van der Waals surface area (Å²) in [5.74, 6) is 0.564. The highest BCUT2D eigenvalue weighted by Crippen LogP contribution is 2.35. The van der Waals surface area contributed by atoms with Crippen LogP contribution in [0.15, 0.2) is 24.5 Å². The summed E-state index contributed by atoms with van der Waals surface area (Å²) in [5.41, 5.74) is 5.82. The van der Waals surface area contributed by atoms with E-state index in [0.717, 1.165) is 0 Å². The summed E-state index contributed by atoms with van der Waals surface area (Å²) in [5, 5.41) is 0.984. The molecule has 0 amide bonds. The van der Waals surface area contributed by atoms with Crippen molar-refractivity contribution in [1.82, 2.24) is 9.97 Å². The molecule has 0 unspecified atom stereocenters. The summed E-state index contributed by atoms with van der Waals surface area (Å²) in [6, 6.07) is 2.98. The molecule has 4 nitrogen and oxygen atoms in total. The molecule has 1 aromatic carbocycles. The van der Waals surface area contributed by atoms with Crippen molar-refractivity contribution in [3.63, 3.8) is 0 Å². The Morgan fingerprint density at radius 3 is 2.32 bits per heavy atom. The van der Waals surface area contributed by atoms with Gasteiger partial charge in [-0.05, 0) is 6.07 Å². The average molecular weight is 335 g/mol. The summed E-state index contributed by atoms with van der Waals surface area (Å²) in [7, 11) is 0. The first-order valence-electron chi connectivity index (χ1n) is 4.91. The molecule has 0 aliphatic heterocycles. The van der Waals surface area contributed by atoms with Gasteiger partial charge in [-0.2, -0.15) is 0 Å². The molecule has 98 valence electrons. The summed E-state index contributed by atoms with van der Waals surface area (Å²) in [4.78, 5) is 8.15. The van der Waals surface area contributed by atoms with E-state index in [9.17, 15) is 0 Å². The second-order valence-corrected chi connectivity index (χ2v) is 5.06. The van der Waals surface area contributed by atoms with Crippen LogP contribution in [-0.4, -0.2) is 15.0 Å². The molecule has 0 bridgehead atoms. The highest BCUT2D eigenvalue weighted by atomic mass is 35.5. The maximum Gasteiger partial charge on any atom is 0.237 e. The van der Waals surface area contributed by atoms with E-state index in [4.69, 9.17) is 57.5 Å². The molecule has 19 heavy (non-hydrogen) atoms. The minimum absolute atomic E-state index is 0.159. The van der Waals surface area contributed by atoms with Crippen molar-refractivity contribution in [1.29, 1.82) is 0 Å². The van der Waals surface area contributed by atoms with Gasteiger partial charge in [0.1, 0.15) is 16.4 Å². The Bertz CT molecular complexity index is 634. The quantitative estimate of drug-likeness (QED) is 0.682. The molecule has 0 saturated heterocycles. The van der Waals surface area contributed by atoms with Crippen LogP contribution >= 0.6 is 47.0 Å². The Labute approximate surface area is 129 Å². The molecular weight excluding hydrogens is 329 g/mol. The zero-order valence-corrected chi connectivity index (χ0v) is 12.3. The number of nitrogens with zero attached hydrogens (tertiary/aromatic N) is 2. The number of ether oxygens (including phenoxy) is 1. The van der Waals surface area contributed by atoms with Gasteiger partial charge in [0.2, 0.25) is 5.88 Å². The van der Waals surface area contributed by atoms with E-state index in [2.05, 4.69) is 9.97 Å². The summed E-state index contributed by atoms with van der Waals surface area (Å²) in [6.07, 6.45) is 2.79. The van der Waals surface area contributed by atoms with Crippen molar-refractivity contribution in [3.05, 3.63) is 45.3 Å². The number of thiocarbonyl (C=S) groups is 1. The molecule has 0 radical (unpaired) electrons. The zero-order valence-electron chi connectivity index (χ0n) is 9.23. The lowest BCUT2D eigenvalue weighted by Crippen LogP contribution is -2.11. The second kappa shape index (κ2) is 5.88. The van der Waals surface area contributed by atoms with Gasteiger partial charge >= 0.3 is 0 Å². The van der Waals surface area contributed by atoms with E-state index in [1.807, 2.05) is 0 Å². The maximum absolute atomic E-state index is 5.98. The Morgan fingerprint density at radius 2 is 1.74 bits per heavy atom. The van der Waals surface area contributed by atoms with Crippen LogP contribution in [0.25, 0.3) is 0 Å². The van der Waals surface area contributed by atoms with Crippen LogP contribution in [0.3, 0.4) is 0 Å². The fourth-order valence-corrected chi connectivity index (χ4v) is 1.87. The Hall–Kier alpha value is -1.14. The molecular formula is C11H6Cl3N3OS. The van der Waals surface area contributed by atoms with Gasteiger partial charge in [0.15, 0.2) is 0 Å². The van der Waals surface area contributed by atoms with Crippen LogP contribution in [0, 0.1) is 0 Å². The molecule has 8 heteroatoms. The van der Waals surface area contributed by atoms with Gasteiger partial charge in [-0.15, -0.1) is 0 Å². The minimum Gasteiger partial charge on any atom is -0.436 e. The van der Waals surface area contributed by atoms with E-state index in [-0.39, 0.29) is 10.9 Å². The largest absolute Gasteiger partial charge is 0.436 e. The van der Waals surface area contributed by atoms with Gasteiger partial charge in [0.05, 0.1) is 27.5 Å². The first-order chi connectivity index (χ1) is 8.97. The number of benzene rings is 1. The molecule has 0 fully saturated rings. The monoisotopic (exact) mass is 333 g/mol. The normalized spacial score (nSPS) is 10.3. The molecule has 1 aromatic heterocycles. The highest BCUT2D eigenvalue weighted by Gasteiger charge is 2.09. The summed E-state index contributed by atoms with van der Waals surface area (Å²) < 4.78 is 5.45. The number of halogens is 3. The van der Waals surface area contributed by atoms with Crippen molar-refractivity contribution in [2.75, 3.05) is 0 Å². The van der Waals surface area contributed by atoms with Crippen molar-refractivity contribution in [2.24, 2.45) is 5.73 Å². The Balaban J connectivity index is 2.26. The minimum atomic E-state index is 0.159. The van der Waals surface area contributed by atoms with Crippen LogP contribution in [0.2, 0.25) is 15.1 Å². The van der Waals surface area contributed by atoms with Crippen molar-refractivity contribution >= 4 is 52.0 Å². The van der Waals surface area contributed by atoms with E-state index in [1.165, 1.54) is 24.5 Å². The topological polar surface area (TPSA) is 61.0 Å². The molecule has 0 saturated carbocycles. The average Bonchev–Trinajstić information content (AvgIpc) is 2.36. The fraction of sp³-hybridized carbons (Fsp3) is 0. The van der Waals surface area contributed by atoms with E-state index in [1.54, 1.807) is 0 Å². The lowest BCUT2D eigenvalue weighted by atomic mass is 10.3. The first-order valence-corrected chi connectivity index (χ1v) is 6.46. The SMILES string of the molecule is NC(=S)c1cnc(Oc2cc(Cl)c(Cl)cc2Cl)cn1.